The standard InChI is InChI=1S/C16H12F3N5O2/c1-9-6-13(24-26-9)23-15(25)12-7-21-14(8-20-12)22-11-5-3-2-4-10(11)16(17,18)19/h2-8H,1H3,(H,21,22)(H,23,24,25). The number of hydrogen-bond acceptors (Lipinski definition) is 6. The first-order valence-electron chi connectivity index (χ1n) is 7.33. The Morgan fingerprint density at radius 3 is 2.50 bits per heavy atom. The Hall–Kier alpha value is -3.43. The number of aryl methyl sites for hydroxylation is 1. The molecule has 0 spiro atoms. The van der Waals surface area contributed by atoms with Crippen LogP contribution < -0.4 is 10.6 Å². The second kappa shape index (κ2) is 6.82. The van der Waals surface area contributed by atoms with Crippen molar-refractivity contribution < 1.29 is 22.5 Å². The molecule has 0 fully saturated rings. The molecular formula is C16H12F3N5O2. The number of halogens is 3. The molecule has 3 rings (SSSR count). The fourth-order valence-corrected chi connectivity index (χ4v) is 2.09. The Labute approximate surface area is 145 Å². The van der Waals surface area contributed by atoms with Gasteiger partial charge in [0, 0.05) is 6.07 Å². The zero-order valence-electron chi connectivity index (χ0n) is 13.3. The highest BCUT2D eigenvalue weighted by Crippen LogP contribution is 2.35. The average Bonchev–Trinajstić information content (AvgIpc) is 3.00. The van der Waals surface area contributed by atoms with Crippen molar-refractivity contribution in [2.24, 2.45) is 0 Å². The Bertz CT molecular complexity index is 922. The van der Waals surface area contributed by atoms with Gasteiger partial charge in [-0.3, -0.25) is 4.79 Å². The maximum absolute atomic E-state index is 13.0. The van der Waals surface area contributed by atoms with Gasteiger partial charge in [0.1, 0.15) is 17.3 Å². The predicted octanol–water partition coefficient (Wildman–Crippen LogP) is 3.79. The fraction of sp³-hybridized carbons (Fsp3) is 0.125. The number of rotatable bonds is 4. The van der Waals surface area contributed by atoms with Crippen LogP contribution >= 0.6 is 0 Å². The van der Waals surface area contributed by atoms with Crippen LogP contribution in [0.2, 0.25) is 0 Å². The second-order valence-corrected chi connectivity index (χ2v) is 5.23. The topological polar surface area (TPSA) is 92.9 Å². The number of carbonyl (C=O) groups is 1. The van der Waals surface area contributed by atoms with Crippen molar-refractivity contribution in [2.75, 3.05) is 10.6 Å². The van der Waals surface area contributed by atoms with Crippen LogP contribution in [-0.4, -0.2) is 21.0 Å². The van der Waals surface area contributed by atoms with Gasteiger partial charge in [0.25, 0.3) is 5.91 Å². The highest BCUT2D eigenvalue weighted by Gasteiger charge is 2.33. The minimum atomic E-state index is -4.51. The van der Waals surface area contributed by atoms with E-state index in [1.807, 2.05) is 0 Å². The summed E-state index contributed by atoms with van der Waals surface area (Å²) in [5.74, 6) is 0.230. The van der Waals surface area contributed by atoms with Crippen LogP contribution in [-0.2, 0) is 6.18 Å². The predicted molar refractivity (Wildman–Crippen MR) is 86.0 cm³/mol. The van der Waals surface area contributed by atoms with E-state index < -0.39 is 17.6 Å². The molecule has 0 unspecified atom stereocenters. The van der Waals surface area contributed by atoms with E-state index in [1.165, 1.54) is 24.3 Å². The first-order valence-corrected chi connectivity index (χ1v) is 7.33. The average molecular weight is 363 g/mol. The lowest BCUT2D eigenvalue weighted by molar-refractivity contribution is -0.136. The summed E-state index contributed by atoms with van der Waals surface area (Å²) in [6.07, 6.45) is -2.20. The van der Waals surface area contributed by atoms with E-state index in [9.17, 15) is 18.0 Å². The molecule has 26 heavy (non-hydrogen) atoms. The lowest BCUT2D eigenvalue weighted by Gasteiger charge is -2.13. The lowest BCUT2D eigenvalue weighted by Crippen LogP contribution is -2.14. The molecule has 2 N–H and O–H groups in total. The first kappa shape index (κ1) is 17.4. The van der Waals surface area contributed by atoms with Crippen molar-refractivity contribution in [3.8, 4) is 0 Å². The quantitative estimate of drug-likeness (QED) is 0.733. The summed E-state index contributed by atoms with van der Waals surface area (Å²) < 4.78 is 43.8. The van der Waals surface area contributed by atoms with Gasteiger partial charge in [0.15, 0.2) is 5.82 Å². The largest absolute Gasteiger partial charge is 0.418 e. The van der Waals surface area contributed by atoms with Gasteiger partial charge in [0.05, 0.1) is 23.6 Å². The number of benzene rings is 1. The molecule has 1 aromatic carbocycles. The summed E-state index contributed by atoms with van der Waals surface area (Å²) in [7, 11) is 0. The number of aromatic nitrogens is 3. The van der Waals surface area contributed by atoms with Crippen molar-refractivity contribution in [2.45, 2.75) is 13.1 Å². The number of alkyl halides is 3. The molecule has 0 aliphatic rings. The smallest absolute Gasteiger partial charge is 0.360 e. The van der Waals surface area contributed by atoms with E-state index in [-0.39, 0.29) is 23.0 Å². The number of amides is 1. The number of nitrogens with zero attached hydrogens (tertiary/aromatic N) is 3. The number of para-hydroxylation sites is 1. The molecule has 2 aromatic heterocycles. The van der Waals surface area contributed by atoms with Crippen molar-refractivity contribution >= 4 is 23.2 Å². The Morgan fingerprint density at radius 1 is 1.12 bits per heavy atom. The maximum Gasteiger partial charge on any atom is 0.418 e. The third-order valence-corrected chi connectivity index (χ3v) is 3.25. The maximum atomic E-state index is 13.0. The zero-order valence-corrected chi connectivity index (χ0v) is 13.3. The third-order valence-electron chi connectivity index (χ3n) is 3.25. The zero-order chi connectivity index (χ0) is 18.7. The summed E-state index contributed by atoms with van der Waals surface area (Å²) in [6.45, 7) is 1.67. The molecule has 134 valence electrons. The Balaban J connectivity index is 1.73. The molecule has 0 radical (unpaired) electrons. The van der Waals surface area contributed by atoms with E-state index in [2.05, 4.69) is 25.8 Å². The van der Waals surface area contributed by atoms with Crippen LogP contribution in [0.5, 0.6) is 0 Å². The summed E-state index contributed by atoms with van der Waals surface area (Å²) in [5, 5.41) is 8.62. The van der Waals surface area contributed by atoms with Crippen LogP contribution in [0.1, 0.15) is 21.8 Å². The molecule has 0 bridgehead atoms. The molecule has 2 heterocycles. The van der Waals surface area contributed by atoms with Crippen molar-refractivity contribution in [3.05, 3.63) is 59.7 Å². The number of anilines is 3. The summed E-state index contributed by atoms with van der Waals surface area (Å²) >= 11 is 0. The van der Waals surface area contributed by atoms with Gasteiger partial charge in [-0.1, -0.05) is 17.3 Å². The van der Waals surface area contributed by atoms with E-state index in [0.29, 0.717) is 5.76 Å². The highest BCUT2D eigenvalue weighted by molar-refractivity contribution is 6.02. The summed E-state index contributed by atoms with van der Waals surface area (Å²) in [6, 6.07) is 6.51. The minimum Gasteiger partial charge on any atom is -0.360 e. The van der Waals surface area contributed by atoms with E-state index in [4.69, 9.17) is 4.52 Å². The molecule has 1 amide bonds. The van der Waals surface area contributed by atoms with Gasteiger partial charge in [0.2, 0.25) is 0 Å². The molecule has 0 saturated carbocycles. The number of nitrogens with one attached hydrogen (secondary N) is 2. The molecule has 0 atom stereocenters. The number of hydrogen-bond donors (Lipinski definition) is 2. The molecule has 0 aliphatic carbocycles. The molecule has 3 aromatic rings. The molecular weight excluding hydrogens is 351 g/mol. The van der Waals surface area contributed by atoms with Gasteiger partial charge in [-0.05, 0) is 19.1 Å². The van der Waals surface area contributed by atoms with Gasteiger partial charge in [-0.25, -0.2) is 9.97 Å². The van der Waals surface area contributed by atoms with Crippen molar-refractivity contribution in [1.82, 2.24) is 15.1 Å². The van der Waals surface area contributed by atoms with Crippen LogP contribution in [0.25, 0.3) is 0 Å². The number of carbonyl (C=O) groups excluding carboxylic acids is 1. The Kier molecular flexibility index (Phi) is 4.57. The van der Waals surface area contributed by atoms with Crippen LogP contribution in [0.15, 0.2) is 47.2 Å². The minimum absolute atomic E-state index is 0.0275. The van der Waals surface area contributed by atoms with Crippen LogP contribution in [0, 0.1) is 6.92 Å². The first-order chi connectivity index (χ1) is 12.3. The normalized spacial score (nSPS) is 11.2. The van der Waals surface area contributed by atoms with Gasteiger partial charge in [-0.15, -0.1) is 0 Å². The van der Waals surface area contributed by atoms with Gasteiger partial charge in [-0.2, -0.15) is 13.2 Å². The van der Waals surface area contributed by atoms with Crippen molar-refractivity contribution in [1.29, 1.82) is 0 Å². The summed E-state index contributed by atoms with van der Waals surface area (Å²) in [4.78, 5) is 19.8. The van der Waals surface area contributed by atoms with Crippen LogP contribution in [0.4, 0.5) is 30.5 Å². The van der Waals surface area contributed by atoms with E-state index in [0.717, 1.165) is 18.5 Å². The fourth-order valence-electron chi connectivity index (χ4n) is 2.09. The van der Waals surface area contributed by atoms with E-state index >= 15 is 0 Å². The highest BCUT2D eigenvalue weighted by atomic mass is 19.4. The molecule has 0 aliphatic heterocycles. The van der Waals surface area contributed by atoms with E-state index in [1.54, 1.807) is 6.92 Å². The second-order valence-electron chi connectivity index (χ2n) is 5.23. The molecule has 10 heteroatoms. The van der Waals surface area contributed by atoms with Gasteiger partial charge < -0.3 is 15.2 Å². The third kappa shape index (κ3) is 3.97. The van der Waals surface area contributed by atoms with Crippen molar-refractivity contribution in [3.63, 3.8) is 0 Å². The molecule has 0 saturated heterocycles. The van der Waals surface area contributed by atoms with Gasteiger partial charge >= 0.3 is 6.18 Å². The monoisotopic (exact) mass is 363 g/mol. The summed E-state index contributed by atoms with van der Waals surface area (Å²) in [5.41, 5.74) is -1.02. The van der Waals surface area contributed by atoms with Crippen LogP contribution in [0.3, 0.4) is 0 Å². The lowest BCUT2D eigenvalue weighted by atomic mass is 10.1. The SMILES string of the molecule is Cc1cc(NC(=O)c2cnc(Nc3ccccc3C(F)(F)F)cn2)no1. The molecule has 7 nitrogen and oxygen atoms in total. The Morgan fingerprint density at radius 2 is 1.88 bits per heavy atom.